The van der Waals surface area contributed by atoms with Gasteiger partial charge >= 0.3 is 5.97 Å². The maximum absolute atomic E-state index is 12.6. The molecular weight excluding hydrogens is 504 g/mol. The number of hydrogen-bond donors (Lipinski definition) is 1. The molecule has 0 atom stereocenters. The summed E-state index contributed by atoms with van der Waals surface area (Å²) in [6, 6.07) is 15.2. The van der Waals surface area contributed by atoms with E-state index in [4.69, 9.17) is 18.9 Å². The number of hydrazone groups is 1. The van der Waals surface area contributed by atoms with Gasteiger partial charge in [0.15, 0.2) is 11.5 Å². The quantitative estimate of drug-likeness (QED) is 0.196. The monoisotopic (exact) mass is 526 g/mol. The van der Waals surface area contributed by atoms with Crippen molar-refractivity contribution >= 4 is 34.0 Å². The minimum Gasteiger partial charge on any atom is -0.493 e. The number of hydrogen-bond acceptors (Lipinski definition) is 7. The minimum absolute atomic E-state index is 0.256. The number of methoxy groups -OCH3 is 3. The van der Waals surface area contributed by atoms with E-state index in [1.165, 1.54) is 39.7 Å². The maximum Gasteiger partial charge on any atom is 0.343 e. The van der Waals surface area contributed by atoms with Gasteiger partial charge in [-0.3, -0.25) is 4.79 Å². The molecular formula is C25H23BrN2O6. The Balaban J connectivity index is 1.78. The minimum atomic E-state index is -0.501. The molecule has 0 heterocycles. The van der Waals surface area contributed by atoms with Gasteiger partial charge in [0, 0.05) is 15.6 Å². The second-order valence-electron chi connectivity index (χ2n) is 7.05. The van der Waals surface area contributed by atoms with Crippen LogP contribution in [0.4, 0.5) is 0 Å². The smallest absolute Gasteiger partial charge is 0.343 e. The Labute approximate surface area is 205 Å². The molecule has 0 aromatic heterocycles. The highest BCUT2D eigenvalue weighted by Gasteiger charge is 2.17. The number of carbonyl (C=O) groups is 2. The molecule has 0 aliphatic heterocycles. The lowest BCUT2D eigenvalue weighted by Gasteiger charge is -2.13. The third-order valence-electron chi connectivity index (χ3n) is 4.76. The topological polar surface area (TPSA) is 95.5 Å². The number of amides is 1. The lowest BCUT2D eigenvalue weighted by molar-refractivity contribution is 0.0734. The van der Waals surface area contributed by atoms with Gasteiger partial charge in [-0.1, -0.05) is 33.6 Å². The molecule has 0 unspecified atom stereocenters. The lowest BCUT2D eigenvalue weighted by Crippen LogP contribution is -2.18. The zero-order valence-corrected chi connectivity index (χ0v) is 20.6. The lowest BCUT2D eigenvalue weighted by atomic mass is 10.1. The third-order valence-corrected chi connectivity index (χ3v) is 5.25. The summed E-state index contributed by atoms with van der Waals surface area (Å²) in [5, 5.41) is 4.02. The standard InChI is InChI=1S/C25H23BrN2O6/c1-15-5-7-16(8-6-15)25(30)34-20-10-9-19(26)11-18(20)14-27-28-24(29)17-12-21(31-2)23(33-4)22(13-17)32-3/h5-14H,1-4H3,(H,28,29)/b27-14-. The van der Waals surface area contributed by atoms with E-state index >= 15 is 0 Å². The van der Waals surface area contributed by atoms with E-state index in [-0.39, 0.29) is 5.56 Å². The number of ether oxygens (including phenoxy) is 4. The zero-order valence-electron chi connectivity index (χ0n) is 19.0. The van der Waals surface area contributed by atoms with Crippen molar-refractivity contribution in [1.82, 2.24) is 5.43 Å². The van der Waals surface area contributed by atoms with Gasteiger partial charge in [0.2, 0.25) is 5.75 Å². The summed E-state index contributed by atoms with van der Waals surface area (Å²) < 4.78 is 22.1. The average molecular weight is 527 g/mol. The third kappa shape index (κ3) is 5.93. The van der Waals surface area contributed by atoms with Crippen molar-refractivity contribution < 1.29 is 28.5 Å². The molecule has 0 fully saturated rings. The van der Waals surface area contributed by atoms with Crippen molar-refractivity contribution in [2.24, 2.45) is 5.10 Å². The van der Waals surface area contributed by atoms with Crippen LogP contribution in [0.2, 0.25) is 0 Å². The molecule has 9 heteroatoms. The van der Waals surface area contributed by atoms with Gasteiger partial charge < -0.3 is 18.9 Å². The van der Waals surface area contributed by atoms with Crippen molar-refractivity contribution in [1.29, 1.82) is 0 Å². The van der Waals surface area contributed by atoms with E-state index in [2.05, 4.69) is 26.5 Å². The Morgan fingerprint density at radius 1 is 0.853 bits per heavy atom. The Bertz CT molecular complexity index is 1200. The molecule has 0 radical (unpaired) electrons. The molecule has 34 heavy (non-hydrogen) atoms. The second kappa shape index (κ2) is 11.3. The van der Waals surface area contributed by atoms with Crippen LogP contribution in [0.25, 0.3) is 0 Å². The number of benzene rings is 3. The molecule has 3 aromatic rings. The second-order valence-corrected chi connectivity index (χ2v) is 7.97. The van der Waals surface area contributed by atoms with Gasteiger partial charge in [-0.2, -0.15) is 5.10 Å². The van der Waals surface area contributed by atoms with Crippen molar-refractivity contribution in [3.8, 4) is 23.0 Å². The molecule has 0 saturated heterocycles. The van der Waals surface area contributed by atoms with Crippen LogP contribution in [0, 0.1) is 6.92 Å². The van der Waals surface area contributed by atoms with Crippen LogP contribution in [0.1, 0.15) is 31.8 Å². The predicted molar refractivity (Wildman–Crippen MR) is 131 cm³/mol. The van der Waals surface area contributed by atoms with Crippen LogP contribution in [0.3, 0.4) is 0 Å². The predicted octanol–water partition coefficient (Wildman–Crippen LogP) is 4.77. The van der Waals surface area contributed by atoms with E-state index in [1.54, 1.807) is 30.3 Å². The van der Waals surface area contributed by atoms with E-state index in [9.17, 15) is 9.59 Å². The maximum atomic E-state index is 12.6. The fourth-order valence-corrected chi connectivity index (χ4v) is 3.38. The van der Waals surface area contributed by atoms with Crippen molar-refractivity contribution in [2.45, 2.75) is 6.92 Å². The summed E-state index contributed by atoms with van der Waals surface area (Å²) in [6.07, 6.45) is 1.39. The van der Waals surface area contributed by atoms with Gasteiger partial charge in [0.25, 0.3) is 5.91 Å². The highest BCUT2D eigenvalue weighted by Crippen LogP contribution is 2.38. The summed E-state index contributed by atoms with van der Waals surface area (Å²) in [5.74, 6) is 0.350. The van der Waals surface area contributed by atoms with Crippen LogP contribution < -0.4 is 24.4 Å². The molecule has 0 saturated carbocycles. The van der Waals surface area contributed by atoms with Gasteiger partial charge in [-0.25, -0.2) is 10.2 Å². The zero-order chi connectivity index (χ0) is 24.7. The number of esters is 1. The number of carbonyl (C=O) groups excluding carboxylic acids is 2. The first-order valence-corrected chi connectivity index (χ1v) is 10.9. The SMILES string of the molecule is COc1cc(C(=O)N/N=C\c2cc(Br)ccc2OC(=O)c2ccc(C)cc2)cc(OC)c1OC. The number of nitrogens with zero attached hydrogens (tertiary/aromatic N) is 1. The van der Waals surface area contributed by atoms with Crippen molar-refractivity contribution in [3.05, 3.63) is 81.3 Å². The number of nitrogens with one attached hydrogen (secondary N) is 1. The molecule has 0 bridgehead atoms. The molecule has 0 aliphatic rings. The van der Waals surface area contributed by atoms with Crippen LogP contribution >= 0.6 is 15.9 Å². The van der Waals surface area contributed by atoms with Gasteiger partial charge in [-0.05, 0) is 49.4 Å². The first-order valence-electron chi connectivity index (χ1n) is 10.1. The molecule has 0 spiro atoms. The first kappa shape index (κ1) is 24.8. The number of rotatable bonds is 8. The summed E-state index contributed by atoms with van der Waals surface area (Å²) >= 11 is 3.39. The normalized spacial score (nSPS) is 10.6. The van der Waals surface area contributed by atoms with E-state index < -0.39 is 11.9 Å². The van der Waals surface area contributed by atoms with Crippen LogP contribution in [0.5, 0.6) is 23.0 Å². The van der Waals surface area contributed by atoms with Crippen LogP contribution in [-0.4, -0.2) is 39.4 Å². The molecule has 0 aliphatic carbocycles. The van der Waals surface area contributed by atoms with Gasteiger partial charge in [0.1, 0.15) is 5.75 Å². The fraction of sp³-hybridized carbons (Fsp3) is 0.160. The van der Waals surface area contributed by atoms with Crippen molar-refractivity contribution in [2.75, 3.05) is 21.3 Å². The number of halogens is 1. The van der Waals surface area contributed by atoms with Gasteiger partial charge in [-0.15, -0.1) is 0 Å². The Morgan fingerprint density at radius 2 is 1.50 bits per heavy atom. The summed E-state index contributed by atoms with van der Waals surface area (Å²) in [5.41, 5.74) is 4.65. The molecule has 176 valence electrons. The van der Waals surface area contributed by atoms with Crippen molar-refractivity contribution in [3.63, 3.8) is 0 Å². The molecule has 3 rings (SSSR count). The Hall–Kier alpha value is -3.85. The molecule has 1 amide bonds. The highest BCUT2D eigenvalue weighted by atomic mass is 79.9. The van der Waals surface area contributed by atoms with Gasteiger partial charge in [0.05, 0.1) is 33.1 Å². The fourth-order valence-electron chi connectivity index (χ4n) is 3.00. The molecule has 3 aromatic carbocycles. The van der Waals surface area contributed by atoms with Crippen LogP contribution in [0.15, 0.2) is 64.2 Å². The molecule has 8 nitrogen and oxygen atoms in total. The first-order chi connectivity index (χ1) is 16.4. The molecule has 1 N–H and O–H groups in total. The summed E-state index contributed by atoms with van der Waals surface area (Å²) in [4.78, 5) is 25.2. The summed E-state index contributed by atoms with van der Waals surface area (Å²) in [7, 11) is 4.40. The summed E-state index contributed by atoms with van der Waals surface area (Å²) in [6.45, 7) is 1.94. The van der Waals surface area contributed by atoms with E-state index in [0.29, 0.717) is 34.1 Å². The largest absolute Gasteiger partial charge is 0.493 e. The average Bonchev–Trinajstić information content (AvgIpc) is 2.84. The Morgan fingerprint density at radius 3 is 2.09 bits per heavy atom. The van der Waals surface area contributed by atoms with E-state index in [1.807, 2.05) is 19.1 Å². The highest BCUT2D eigenvalue weighted by molar-refractivity contribution is 9.10. The van der Waals surface area contributed by atoms with E-state index in [0.717, 1.165) is 10.0 Å². The Kier molecular flexibility index (Phi) is 8.26. The van der Waals surface area contributed by atoms with Crippen LogP contribution in [-0.2, 0) is 0 Å². The number of aryl methyl sites for hydroxylation is 1.